The molecule has 4 nitrogen and oxygen atoms in total. The third kappa shape index (κ3) is 4.17. The van der Waals surface area contributed by atoms with E-state index in [1.807, 2.05) is 38.1 Å². The van der Waals surface area contributed by atoms with Gasteiger partial charge in [-0.05, 0) is 40.9 Å². The molecule has 6 heteroatoms. The number of nitrogens with zero attached hydrogens (tertiary/aromatic N) is 2. The summed E-state index contributed by atoms with van der Waals surface area (Å²) in [6.45, 7) is 5.52. The monoisotopic (exact) mass is 368 g/mol. The number of benzene rings is 1. The van der Waals surface area contributed by atoms with Gasteiger partial charge in [0.25, 0.3) is 0 Å². The normalized spacial score (nSPS) is 12.6. The molecule has 0 aliphatic carbocycles. The molecule has 2 rings (SSSR count). The van der Waals surface area contributed by atoms with Gasteiger partial charge in [-0.1, -0.05) is 31.1 Å². The summed E-state index contributed by atoms with van der Waals surface area (Å²) in [6, 6.07) is 7.98. The van der Waals surface area contributed by atoms with Crippen molar-refractivity contribution in [2.45, 2.75) is 37.3 Å². The number of hydrogen-bond donors (Lipinski definition) is 0. The van der Waals surface area contributed by atoms with E-state index in [-0.39, 0.29) is 17.6 Å². The molecule has 0 spiro atoms. The maximum atomic E-state index is 11.7. The van der Waals surface area contributed by atoms with Crippen molar-refractivity contribution in [2.24, 2.45) is 5.92 Å². The Hall–Kier alpha value is -1.14. The van der Waals surface area contributed by atoms with E-state index >= 15 is 0 Å². The van der Waals surface area contributed by atoms with Gasteiger partial charge in [-0.15, -0.1) is 11.8 Å². The van der Waals surface area contributed by atoms with Crippen LogP contribution in [-0.2, 0) is 10.5 Å². The van der Waals surface area contributed by atoms with Crippen LogP contribution < -0.4 is 0 Å². The predicted molar refractivity (Wildman–Crippen MR) is 86.3 cm³/mol. The van der Waals surface area contributed by atoms with Crippen molar-refractivity contribution < 1.29 is 9.32 Å². The highest BCUT2D eigenvalue weighted by molar-refractivity contribution is 9.10. The van der Waals surface area contributed by atoms with E-state index in [0.717, 1.165) is 9.37 Å². The van der Waals surface area contributed by atoms with E-state index < -0.39 is 0 Å². The van der Waals surface area contributed by atoms with Crippen LogP contribution >= 0.6 is 27.7 Å². The molecule has 1 aromatic heterocycles. The van der Waals surface area contributed by atoms with Gasteiger partial charge in [-0.3, -0.25) is 4.79 Å². The van der Waals surface area contributed by atoms with Crippen molar-refractivity contribution in [1.82, 2.24) is 10.1 Å². The number of thioether (sulfide) groups is 1. The number of carbonyl (C=O) groups is 1. The van der Waals surface area contributed by atoms with Crippen molar-refractivity contribution in [1.29, 1.82) is 0 Å². The molecule has 2 aromatic rings. The molecule has 0 saturated heterocycles. The summed E-state index contributed by atoms with van der Waals surface area (Å²) in [4.78, 5) is 17.2. The minimum absolute atomic E-state index is 0.0543. The Labute approximate surface area is 136 Å². The van der Waals surface area contributed by atoms with Crippen LogP contribution in [0.25, 0.3) is 0 Å². The van der Waals surface area contributed by atoms with Gasteiger partial charge in [0, 0.05) is 9.37 Å². The number of ketones is 1. The van der Waals surface area contributed by atoms with Gasteiger partial charge in [0.05, 0.1) is 11.7 Å². The number of rotatable bonds is 6. The van der Waals surface area contributed by atoms with Gasteiger partial charge in [0.2, 0.25) is 5.89 Å². The Bertz CT molecular complexity index is 628. The van der Waals surface area contributed by atoms with Crippen LogP contribution in [0.15, 0.2) is 38.2 Å². The van der Waals surface area contributed by atoms with Crippen LogP contribution in [0.4, 0.5) is 0 Å². The van der Waals surface area contributed by atoms with E-state index in [1.165, 1.54) is 0 Å². The summed E-state index contributed by atoms with van der Waals surface area (Å²) < 4.78 is 6.31. The number of aromatic nitrogens is 2. The Morgan fingerprint density at radius 2 is 2.10 bits per heavy atom. The fourth-order valence-electron chi connectivity index (χ4n) is 2.08. The van der Waals surface area contributed by atoms with Gasteiger partial charge in [0.1, 0.15) is 5.78 Å². The average Bonchev–Trinajstić information content (AvgIpc) is 2.85. The van der Waals surface area contributed by atoms with Crippen molar-refractivity contribution in [3.05, 3.63) is 40.5 Å². The number of carbonyl (C=O) groups excluding carboxylic acids is 1. The Kier molecular flexibility index (Phi) is 5.58. The molecule has 0 fully saturated rings. The summed E-state index contributed by atoms with van der Waals surface area (Å²) in [7, 11) is 0. The van der Waals surface area contributed by atoms with Crippen LogP contribution in [0.3, 0.4) is 0 Å². The van der Waals surface area contributed by atoms with E-state index in [1.54, 1.807) is 18.7 Å². The van der Waals surface area contributed by atoms with Gasteiger partial charge in [-0.25, -0.2) is 0 Å². The Balaban J connectivity index is 2.07. The van der Waals surface area contributed by atoms with Crippen molar-refractivity contribution in [3.63, 3.8) is 0 Å². The van der Waals surface area contributed by atoms with Crippen LogP contribution in [0.1, 0.15) is 38.4 Å². The smallest absolute Gasteiger partial charge is 0.237 e. The van der Waals surface area contributed by atoms with Crippen LogP contribution in [-0.4, -0.2) is 15.9 Å². The Morgan fingerprint density at radius 1 is 1.38 bits per heavy atom. The third-order valence-corrected chi connectivity index (χ3v) is 5.07. The van der Waals surface area contributed by atoms with E-state index in [9.17, 15) is 4.79 Å². The van der Waals surface area contributed by atoms with E-state index in [4.69, 9.17) is 4.52 Å². The zero-order valence-corrected chi connectivity index (χ0v) is 14.6. The third-order valence-electron chi connectivity index (χ3n) is 3.05. The minimum atomic E-state index is -0.320. The maximum absolute atomic E-state index is 11.7. The zero-order chi connectivity index (χ0) is 15.4. The second kappa shape index (κ2) is 7.22. The highest BCUT2D eigenvalue weighted by Gasteiger charge is 2.26. The standard InChI is InChI=1S/C15H17BrN2O2S/c1-9(2)14(10(3)19)15-17-13(18-20-15)8-21-12-7-5-4-6-11(12)16/h4-7,9,14H,8H2,1-3H3. The van der Waals surface area contributed by atoms with E-state index in [2.05, 4.69) is 26.1 Å². The van der Waals surface area contributed by atoms with Gasteiger partial charge >= 0.3 is 0 Å². The molecule has 0 aliphatic rings. The summed E-state index contributed by atoms with van der Waals surface area (Å²) in [5.74, 6) is 1.51. The first-order valence-electron chi connectivity index (χ1n) is 6.69. The molecule has 1 heterocycles. The fraction of sp³-hybridized carbons (Fsp3) is 0.400. The van der Waals surface area contributed by atoms with Gasteiger partial charge in [0.15, 0.2) is 5.82 Å². The van der Waals surface area contributed by atoms with Crippen molar-refractivity contribution in [3.8, 4) is 0 Å². The molecule has 112 valence electrons. The number of halogens is 1. The molecule has 0 bridgehead atoms. The van der Waals surface area contributed by atoms with Crippen LogP contribution in [0.2, 0.25) is 0 Å². The first-order valence-corrected chi connectivity index (χ1v) is 8.47. The molecule has 0 radical (unpaired) electrons. The highest BCUT2D eigenvalue weighted by Crippen LogP contribution is 2.30. The molecule has 0 N–H and O–H groups in total. The summed E-state index contributed by atoms with van der Waals surface area (Å²) in [5.41, 5.74) is 0. The van der Waals surface area contributed by atoms with E-state index in [0.29, 0.717) is 17.5 Å². The number of Topliss-reactive ketones (excluding diaryl/α,β-unsaturated/α-hetero) is 1. The average molecular weight is 369 g/mol. The highest BCUT2D eigenvalue weighted by atomic mass is 79.9. The molecule has 1 atom stereocenters. The summed E-state index contributed by atoms with van der Waals surface area (Å²) >= 11 is 5.13. The quantitative estimate of drug-likeness (QED) is 0.704. The summed E-state index contributed by atoms with van der Waals surface area (Å²) in [5, 5.41) is 3.97. The largest absolute Gasteiger partial charge is 0.339 e. The lowest BCUT2D eigenvalue weighted by Crippen LogP contribution is -2.15. The lowest BCUT2D eigenvalue weighted by atomic mass is 9.92. The first-order chi connectivity index (χ1) is 9.99. The lowest BCUT2D eigenvalue weighted by molar-refractivity contribution is -0.119. The van der Waals surface area contributed by atoms with Crippen LogP contribution in [0, 0.1) is 5.92 Å². The number of hydrogen-bond acceptors (Lipinski definition) is 5. The van der Waals surface area contributed by atoms with Gasteiger partial charge in [-0.2, -0.15) is 4.98 Å². The Morgan fingerprint density at radius 3 is 2.71 bits per heavy atom. The topological polar surface area (TPSA) is 56.0 Å². The lowest BCUT2D eigenvalue weighted by Gasteiger charge is -2.12. The second-order valence-electron chi connectivity index (χ2n) is 5.10. The SMILES string of the molecule is CC(=O)C(c1nc(CSc2ccccc2Br)no1)C(C)C. The predicted octanol–water partition coefficient (Wildman–Crippen LogP) is 4.45. The molecule has 1 unspecified atom stereocenters. The molecule has 21 heavy (non-hydrogen) atoms. The van der Waals surface area contributed by atoms with Crippen molar-refractivity contribution in [2.75, 3.05) is 0 Å². The molecular weight excluding hydrogens is 352 g/mol. The van der Waals surface area contributed by atoms with Crippen LogP contribution in [0.5, 0.6) is 0 Å². The second-order valence-corrected chi connectivity index (χ2v) is 6.97. The fourth-order valence-corrected chi connectivity index (χ4v) is 3.50. The molecule has 0 amide bonds. The molecule has 0 saturated carbocycles. The summed E-state index contributed by atoms with van der Waals surface area (Å²) in [6.07, 6.45) is 0. The van der Waals surface area contributed by atoms with Crippen molar-refractivity contribution >= 4 is 33.5 Å². The molecule has 0 aliphatic heterocycles. The molecule has 1 aromatic carbocycles. The first kappa shape index (κ1) is 16.2. The minimum Gasteiger partial charge on any atom is -0.339 e. The maximum Gasteiger partial charge on any atom is 0.237 e. The molecular formula is C15H17BrN2O2S. The zero-order valence-electron chi connectivity index (χ0n) is 12.2. The van der Waals surface area contributed by atoms with Gasteiger partial charge < -0.3 is 4.52 Å².